The van der Waals surface area contributed by atoms with Gasteiger partial charge in [0.2, 0.25) is 0 Å². The summed E-state index contributed by atoms with van der Waals surface area (Å²) in [6.07, 6.45) is 26.1. The number of nitrogens with zero attached hydrogens (tertiary/aromatic N) is 2. The van der Waals surface area contributed by atoms with E-state index in [9.17, 15) is 0 Å². The van der Waals surface area contributed by atoms with Crippen molar-refractivity contribution in [3.63, 3.8) is 0 Å². The summed E-state index contributed by atoms with van der Waals surface area (Å²) in [6, 6.07) is 13.8. The van der Waals surface area contributed by atoms with Crippen molar-refractivity contribution >= 4 is 68.6 Å². The molecule has 8 heteroatoms. The highest BCUT2D eigenvalue weighted by Crippen LogP contribution is 2.51. The molecule has 6 rings (SSSR count). The molecule has 0 bridgehead atoms. The van der Waals surface area contributed by atoms with E-state index < -0.39 is 0 Å². The Morgan fingerprint density at radius 3 is 1.13 bits per heavy atom. The topological polar surface area (TPSA) is 40.6 Å². The normalized spacial score (nSPS) is 15.2. The molecule has 0 N–H and O–H groups in total. The summed E-state index contributed by atoms with van der Waals surface area (Å²) in [7, 11) is 0. The highest BCUT2D eigenvalue weighted by molar-refractivity contribution is 7.22. The molecule has 0 spiro atoms. The fraction of sp³-hybridized carbons (Fsp3) is 0.645. The molecule has 0 saturated carbocycles. The van der Waals surface area contributed by atoms with E-state index in [2.05, 4.69) is 126 Å². The van der Waals surface area contributed by atoms with Crippen LogP contribution in [0.25, 0.3) is 30.9 Å². The minimum Gasteiger partial charge on any atom is -0.306 e. The van der Waals surface area contributed by atoms with E-state index in [0.29, 0.717) is 36.1 Å². The van der Waals surface area contributed by atoms with Crippen LogP contribution in [0.5, 0.6) is 0 Å². The molecule has 4 aromatic rings. The number of rotatable bonds is 34. The van der Waals surface area contributed by atoms with E-state index in [-0.39, 0.29) is 11.8 Å². The van der Waals surface area contributed by atoms with Crippen LogP contribution in [0.2, 0.25) is 0 Å². The minimum atomic E-state index is 0.0271. The Bertz CT molecular complexity index is 2110. The highest BCUT2D eigenvalue weighted by Gasteiger charge is 2.50. The third-order valence-corrected chi connectivity index (χ3v) is 19.7. The maximum Gasteiger partial charge on any atom is 0.261 e. The molecule has 2 atom stereocenters. The van der Waals surface area contributed by atoms with Crippen molar-refractivity contribution in [3.05, 3.63) is 79.2 Å². The fourth-order valence-corrected chi connectivity index (χ4v) is 15.0. The Morgan fingerprint density at radius 2 is 0.786 bits per heavy atom. The standard InChI is InChI=1S/C62H92N2O2S4/c1-11-15-25-47(26-16-12-2)39-63-59(53-35-33-51(69-53)55-37-49(41-67-55)31-29-45(9)23-19-21-43(5)6)57-58(61(63)65)60(64(62(57)66)40-48(27-17-13-3)28-18-14-4)54-36-34-52(70-54)56-38-50(42-68-56)32-30-46(10)24-20-22-44(7)8/h33-38,41-48H,11-32,39-40H2,1-10H3. The molecular weight excluding hydrogens is 933 g/mol. The molecule has 2 aliphatic rings. The van der Waals surface area contributed by atoms with E-state index in [1.54, 1.807) is 22.7 Å². The molecular formula is C62H92N2O2S4. The van der Waals surface area contributed by atoms with Crippen molar-refractivity contribution in [1.82, 2.24) is 9.80 Å². The summed E-state index contributed by atoms with van der Waals surface area (Å²) >= 11 is 7.22. The molecule has 0 radical (unpaired) electrons. The number of carbonyl (C=O) groups is 2. The van der Waals surface area contributed by atoms with Crippen LogP contribution < -0.4 is 0 Å². The maximum atomic E-state index is 15.6. The quantitative estimate of drug-likeness (QED) is 0.0468. The molecule has 4 nitrogen and oxygen atoms in total. The fourth-order valence-electron chi connectivity index (χ4n) is 10.7. The van der Waals surface area contributed by atoms with E-state index >= 15 is 9.59 Å². The number of fused-ring (bicyclic) bond motifs is 1. The summed E-state index contributed by atoms with van der Waals surface area (Å²) in [6.45, 7) is 24.6. The van der Waals surface area contributed by atoms with Gasteiger partial charge in [-0.25, -0.2) is 0 Å². The first-order chi connectivity index (χ1) is 33.8. The molecule has 0 aliphatic carbocycles. The Hall–Kier alpha value is -2.78. The number of amides is 2. The molecule has 4 aromatic heterocycles. The minimum absolute atomic E-state index is 0.0271. The van der Waals surface area contributed by atoms with Gasteiger partial charge < -0.3 is 9.80 Å². The van der Waals surface area contributed by atoms with Gasteiger partial charge in [0.1, 0.15) is 0 Å². The van der Waals surface area contributed by atoms with Gasteiger partial charge in [0.25, 0.3) is 11.8 Å². The Morgan fingerprint density at radius 1 is 0.429 bits per heavy atom. The maximum absolute atomic E-state index is 15.6. The van der Waals surface area contributed by atoms with Gasteiger partial charge in [0.05, 0.1) is 32.3 Å². The zero-order valence-electron chi connectivity index (χ0n) is 45.4. The first-order valence-corrected chi connectivity index (χ1v) is 31.7. The van der Waals surface area contributed by atoms with Gasteiger partial charge in [0, 0.05) is 32.6 Å². The van der Waals surface area contributed by atoms with Crippen LogP contribution in [0.1, 0.15) is 219 Å². The smallest absolute Gasteiger partial charge is 0.261 e. The second kappa shape index (κ2) is 28.6. The average Bonchev–Trinajstić information content (AvgIpc) is 4.21. The summed E-state index contributed by atoms with van der Waals surface area (Å²) in [4.78, 5) is 42.5. The number of aryl methyl sites for hydroxylation is 2. The summed E-state index contributed by atoms with van der Waals surface area (Å²) in [5, 5.41) is 4.72. The molecule has 70 heavy (non-hydrogen) atoms. The molecule has 0 saturated heterocycles. The number of hydrogen-bond acceptors (Lipinski definition) is 6. The van der Waals surface area contributed by atoms with Crippen LogP contribution in [0, 0.1) is 35.5 Å². The first-order valence-electron chi connectivity index (χ1n) is 28.3. The number of thiophene rings is 4. The average molecular weight is 1030 g/mol. The third kappa shape index (κ3) is 15.6. The van der Waals surface area contributed by atoms with Crippen LogP contribution in [0.3, 0.4) is 0 Å². The molecule has 2 aliphatic heterocycles. The van der Waals surface area contributed by atoms with Crippen LogP contribution in [0.15, 0.2) is 58.3 Å². The highest BCUT2D eigenvalue weighted by atomic mass is 32.1. The van der Waals surface area contributed by atoms with Crippen molar-refractivity contribution in [3.8, 4) is 19.5 Å². The van der Waals surface area contributed by atoms with Crippen LogP contribution >= 0.6 is 45.3 Å². The lowest BCUT2D eigenvalue weighted by molar-refractivity contribution is -0.124. The Labute approximate surface area is 442 Å². The van der Waals surface area contributed by atoms with Crippen LogP contribution in [-0.2, 0) is 22.4 Å². The molecule has 0 aromatic carbocycles. The van der Waals surface area contributed by atoms with Gasteiger partial charge >= 0.3 is 0 Å². The monoisotopic (exact) mass is 1020 g/mol. The van der Waals surface area contributed by atoms with Crippen LogP contribution in [-0.4, -0.2) is 34.7 Å². The van der Waals surface area contributed by atoms with E-state index in [1.807, 2.05) is 22.7 Å². The Balaban J connectivity index is 1.38. The number of unbranched alkanes of at least 4 members (excludes halogenated alkanes) is 4. The molecule has 2 unspecified atom stereocenters. The second-order valence-corrected chi connectivity index (χ2v) is 26.5. The van der Waals surface area contributed by atoms with Gasteiger partial charge in [-0.05, 0) is 145 Å². The molecule has 6 heterocycles. The van der Waals surface area contributed by atoms with Crippen molar-refractivity contribution in [1.29, 1.82) is 0 Å². The van der Waals surface area contributed by atoms with Gasteiger partial charge in [0.15, 0.2) is 0 Å². The Kier molecular flexibility index (Phi) is 23.1. The molecule has 0 fully saturated rings. The second-order valence-electron chi connectivity index (χ2n) is 22.5. The molecule has 386 valence electrons. The zero-order valence-corrected chi connectivity index (χ0v) is 48.7. The molecule has 2 amide bonds. The van der Waals surface area contributed by atoms with E-state index in [1.165, 1.54) is 82.0 Å². The first kappa shape index (κ1) is 56.5. The van der Waals surface area contributed by atoms with Crippen molar-refractivity contribution in [2.75, 3.05) is 13.1 Å². The lowest BCUT2D eigenvalue weighted by Gasteiger charge is -2.29. The third-order valence-electron chi connectivity index (χ3n) is 15.2. The van der Waals surface area contributed by atoms with Gasteiger partial charge in [-0.15, -0.1) is 45.3 Å². The summed E-state index contributed by atoms with van der Waals surface area (Å²) in [5.74, 6) is 3.84. The van der Waals surface area contributed by atoms with Gasteiger partial charge in [-0.2, -0.15) is 0 Å². The predicted molar refractivity (Wildman–Crippen MR) is 310 cm³/mol. The predicted octanol–water partition coefficient (Wildman–Crippen LogP) is 19.9. The number of hydrogen-bond donors (Lipinski definition) is 0. The van der Waals surface area contributed by atoms with Crippen molar-refractivity contribution < 1.29 is 9.59 Å². The zero-order chi connectivity index (χ0) is 50.2. The summed E-state index contributed by atoms with van der Waals surface area (Å²) < 4.78 is 0. The SMILES string of the molecule is CCCCC(CCCC)CN1C(=O)C2=C(c3ccc(-c4cc(CCC(C)CCCC(C)C)cs4)s3)N(CC(CCCC)CCCC)C(=O)C2=C1c1ccc(-c2cc(CCC(C)CCCC(C)C)cs2)s1. The van der Waals surface area contributed by atoms with Gasteiger partial charge in [-0.1, -0.05) is 159 Å². The summed E-state index contributed by atoms with van der Waals surface area (Å²) in [5.41, 5.74) is 5.88. The number of carbonyl (C=O) groups excluding carboxylic acids is 2. The van der Waals surface area contributed by atoms with Crippen molar-refractivity contribution in [2.24, 2.45) is 35.5 Å². The lowest BCUT2D eigenvalue weighted by atomic mass is 9.95. The van der Waals surface area contributed by atoms with Gasteiger partial charge in [-0.3, -0.25) is 9.59 Å². The van der Waals surface area contributed by atoms with E-state index in [0.717, 1.165) is 135 Å². The van der Waals surface area contributed by atoms with E-state index in [4.69, 9.17) is 0 Å². The van der Waals surface area contributed by atoms with Crippen LogP contribution in [0.4, 0.5) is 0 Å². The van der Waals surface area contributed by atoms with Crippen molar-refractivity contribution in [2.45, 2.75) is 210 Å². The largest absolute Gasteiger partial charge is 0.306 e. The lowest BCUT2D eigenvalue weighted by Crippen LogP contribution is -2.34.